The van der Waals surface area contributed by atoms with Gasteiger partial charge in [0.1, 0.15) is 17.1 Å². The minimum Gasteiger partial charge on any atom is -0.502 e. The van der Waals surface area contributed by atoms with Crippen molar-refractivity contribution in [2.24, 2.45) is 0 Å². The number of hydrogen-bond acceptors (Lipinski definition) is 7. The Morgan fingerprint density at radius 2 is 1.92 bits per heavy atom. The number of benzene rings is 2. The summed E-state index contributed by atoms with van der Waals surface area (Å²) in [6, 6.07) is 5.78. The van der Waals surface area contributed by atoms with Crippen LogP contribution in [0, 0.1) is 10.1 Å². The molecule has 0 radical (unpaired) electrons. The summed E-state index contributed by atoms with van der Waals surface area (Å²) in [5.74, 6) is -1.13. The number of carbonyl (C=O) groups excluding carboxylic acids is 1. The molecule has 0 aromatic heterocycles. The molecular weight excluding hydrogens is 507 g/mol. The van der Waals surface area contributed by atoms with Gasteiger partial charge in [0.2, 0.25) is 6.29 Å². The summed E-state index contributed by atoms with van der Waals surface area (Å²) >= 11 is 5.86. The van der Waals surface area contributed by atoms with Gasteiger partial charge < -0.3 is 18.9 Å². The first kappa shape index (κ1) is 27.3. The van der Waals surface area contributed by atoms with E-state index in [1.54, 1.807) is 6.26 Å². The number of rotatable bonds is 5. The van der Waals surface area contributed by atoms with Crippen LogP contribution in [0.5, 0.6) is 11.5 Å². The normalized spacial score (nSPS) is 17.3. The van der Waals surface area contributed by atoms with Crippen molar-refractivity contribution >= 4 is 23.3 Å². The van der Waals surface area contributed by atoms with Gasteiger partial charge in [-0.3, -0.25) is 10.1 Å². The molecule has 36 heavy (non-hydrogen) atoms. The van der Waals surface area contributed by atoms with Gasteiger partial charge in [-0.25, -0.2) is 4.79 Å². The van der Waals surface area contributed by atoms with Gasteiger partial charge in [-0.1, -0.05) is 11.6 Å². The first-order valence-electron chi connectivity index (χ1n) is 11.1. The van der Waals surface area contributed by atoms with E-state index in [0.717, 1.165) is 43.7 Å². The lowest BCUT2D eigenvalue weighted by Gasteiger charge is -2.22. The quantitative estimate of drug-likeness (QED) is 0.232. The van der Waals surface area contributed by atoms with E-state index in [4.69, 9.17) is 30.5 Å². The molecule has 2 aromatic carbocycles. The summed E-state index contributed by atoms with van der Waals surface area (Å²) in [7, 11) is 0. The van der Waals surface area contributed by atoms with Crippen LogP contribution in [0.1, 0.15) is 48.0 Å². The molecule has 1 atom stereocenters. The molecule has 0 N–H and O–H groups in total. The Morgan fingerprint density at radius 1 is 1.11 bits per heavy atom. The maximum Gasteiger partial charge on any atom is 0.416 e. The molecule has 2 aliphatic rings. The van der Waals surface area contributed by atoms with E-state index in [9.17, 15) is 28.1 Å². The third-order valence-corrected chi connectivity index (χ3v) is 5.37. The van der Waals surface area contributed by atoms with Crippen molar-refractivity contribution in [3.63, 3.8) is 0 Å². The van der Waals surface area contributed by atoms with E-state index < -0.39 is 34.6 Å². The number of nitro groups is 1. The number of carbonyl (C=O) groups is 1. The van der Waals surface area contributed by atoms with Gasteiger partial charge in [0.15, 0.2) is 0 Å². The molecule has 0 saturated carbocycles. The second-order valence-electron chi connectivity index (χ2n) is 7.77. The number of alkyl halides is 3. The predicted molar refractivity (Wildman–Crippen MR) is 123 cm³/mol. The van der Waals surface area contributed by atoms with Gasteiger partial charge >= 0.3 is 12.1 Å². The van der Waals surface area contributed by atoms with Gasteiger partial charge in [0.25, 0.3) is 5.69 Å². The average Bonchev–Trinajstić information content (AvgIpc) is 2.86. The van der Waals surface area contributed by atoms with Crippen molar-refractivity contribution in [1.82, 2.24) is 0 Å². The zero-order valence-electron chi connectivity index (χ0n) is 19.0. The van der Waals surface area contributed by atoms with Crippen LogP contribution in [0.25, 0.3) is 0 Å². The standard InChI is InChI=1S/C19H15ClF3NO6.C5H8O/c20-14-9-11(19(21,22)23)4-7-16(14)29-12-5-6-15(24(26)27)13(10-12)18(25)30-17-3-1-2-8-28-17;1-2-4-6-5-3-1/h4-7,9-10,17H,1-3,8H2;2,4H,1,3,5H2. The number of ether oxygens (including phenoxy) is 4. The lowest BCUT2D eigenvalue weighted by molar-refractivity contribution is -0.385. The molecule has 194 valence electrons. The van der Waals surface area contributed by atoms with Gasteiger partial charge in [-0.2, -0.15) is 13.2 Å². The number of allylic oxidation sites excluding steroid dienone is 1. The molecule has 4 rings (SSSR count). The number of nitro benzene ring substituents is 1. The van der Waals surface area contributed by atoms with Crippen LogP contribution in [0.4, 0.5) is 18.9 Å². The van der Waals surface area contributed by atoms with Crippen LogP contribution < -0.4 is 4.74 Å². The van der Waals surface area contributed by atoms with Gasteiger partial charge in [-0.15, -0.1) is 0 Å². The fourth-order valence-corrected chi connectivity index (χ4v) is 3.48. The number of hydrogen-bond donors (Lipinski definition) is 0. The highest BCUT2D eigenvalue weighted by molar-refractivity contribution is 6.32. The molecular formula is C24H23ClF3NO7. The van der Waals surface area contributed by atoms with E-state index in [-0.39, 0.29) is 22.1 Å². The molecule has 1 fully saturated rings. The number of nitrogens with zero attached hydrogens (tertiary/aromatic N) is 1. The van der Waals surface area contributed by atoms with E-state index >= 15 is 0 Å². The second-order valence-corrected chi connectivity index (χ2v) is 8.17. The summed E-state index contributed by atoms with van der Waals surface area (Å²) < 4.78 is 59.1. The van der Waals surface area contributed by atoms with Crippen molar-refractivity contribution in [2.45, 2.75) is 44.6 Å². The molecule has 0 aliphatic carbocycles. The van der Waals surface area contributed by atoms with E-state index in [1.165, 1.54) is 18.9 Å². The molecule has 12 heteroatoms. The summed E-state index contributed by atoms with van der Waals surface area (Å²) in [6.45, 7) is 1.33. The molecule has 2 aromatic rings. The lowest BCUT2D eigenvalue weighted by atomic mass is 10.1. The highest BCUT2D eigenvalue weighted by atomic mass is 35.5. The van der Waals surface area contributed by atoms with Crippen LogP contribution in [0.15, 0.2) is 48.7 Å². The molecule has 8 nitrogen and oxygen atoms in total. The van der Waals surface area contributed by atoms with Gasteiger partial charge in [-0.05, 0) is 56.0 Å². The molecule has 0 amide bonds. The molecule has 0 bridgehead atoms. The minimum absolute atomic E-state index is 0.0428. The predicted octanol–water partition coefficient (Wildman–Crippen LogP) is 7.05. The molecule has 1 unspecified atom stereocenters. The zero-order valence-corrected chi connectivity index (χ0v) is 19.7. The van der Waals surface area contributed by atoms with Crippen molar-refractivity contribution < 1.29 is 41.8 Å². The fourth-order valence-electron chi connectivity index (χ4n) is 3.26. The smallest absolute Gasteiger partial charge is 0.416 e. The largest absolute Gasteiger partial charge is 0.502 e. The lowest BCUT2D eigenvalue weighted by Crippen LogP contribution is -2.25. The second kappa shape index (κ2) is 12.6. The third kappa shape index (κ3) is 7.85. The summed E-state index contributed by atoms with van der Waals surface area (Å²) in [6.07, 6.45) is 2.90. The number of esters is 1. The summed E-state index contributed by atoms with van der Waals surface area (Å²) in [5.41, 5.74) is -1.85. The monoisotopic (exact) mass is 529 g/mol. The summed E-state index contributed by atoms with van der Waals surface area (Å²) in [4.78, 5) is 23.0. The van der Waals surface area contributed by atoms with Crippen molar-refractivity contribution in [2.75, 3.05) is 13.2 Å². The van der Waals surface area contributed by atoms with Gasteiger partial charge in [0, 0.05) is 18.6 Å². The molecule has 0 spiro atoms. The highest BCUT2D eigenvalue weighted by Gasteiger charge is 2.31. The Kier molecular flexibility index (Phi) is 9.54. The molecule has 1 saturated heterocycles. The minimum atomic E-state index is -4.58. The maximum absolute atomic E-state index is 12.8. The van der Waals surface area contributed by atoms with Gasteiger partial charge in [0.05, 0.1) is 35.0 Å². The van der Waals surface area contributed by atoms with E-state index in [0.29, 0.717) is 19.1 Å². The zero-order chi connectivity index (χ0) is 26.1. The fraction of sp³-hybridized carbons (Fsp3) is 0.375. The Bertz CT molecular complexity index is 1090. The Labute approximate surface area is 209 Å². The first-order chi connectivity index (χ1) is 17.1. The maximum atomic E-state index is 12.8. The van der Waals surface area contributed by atoms with E-state index in [1.807, 2.05) is 6.08 Å². The molecule has 2 aliphatic heterocycles. The van der Waals surface area contributed by atoms with Crippen LogP contribution >= 0.6 is 11.6 Å². The van der Waals surface area contributed by atoms with E-state index in [2.05, 4.69) is 0 Å². The Balaban J connectivity index is 0.000000526. The van der Waals surface area contributed by atoms with Crippen LogP contribution in [0.3, 0.4) is 0 Å². The summed E-state index contributed by atoms with van der Waals surface area (Å²) in [5, 5.41) is 11.0. The first-order valence-corrected chi connectivity index (χ1v) is 11.4. The Hall–Kier alpha value is -3.31. The van der Waals surface area contributed by atoms with Crippen LogP contribution in [0.2, 0.25) is 5.02 Å². The van der Waals surface area contributed by atoms with Crippen LogP contribution in [-0.4, -0.2) is 30.4 Å². The van der Waals surface area contributed by atoms with Crippen molar-refractivity contribution in [3.05, 3.63) is 75.0 Å². The van der Waals surface area contributed by atoms with Crippen molar-refractivity contribution in [3.8, 4) is 11.5 Å². The van der Waals surface area contributed by atoms with Crippen molar-refractivity contribution in [1.29, 1.82) is 0 Å². The Morgan fingerprint density at radius 3 is 2.44 bits per heavy atom. The third-order valence-electron chi connectivity index (χ3n) is 5.07. The number of halogens is 4. The SMILES string of the molecule is C1=COCCC1.O=C(OC1CCCCO1)c1cc(Oc2ccc(C(F)(F)F)cc2Cl)ccc1[N+](=O)[O-]. The highest BCUT2D eigenvalue weighted by Crippen LogP contribution is 2.37. The topological polar surface area (TPSA) is 97.1 Å². The molecule has 2 heterocycles. The average molecular weight is 530 g/mol. The van der Waals surface area contributed by atoms with Crippen LogP contribution in [-0.2, 0) is 20.4 Å².